The summed E-state index contributed by atoms with van der Waals surface area (Å²) in [5, 5.41) is 7.30. The zero-order valence-corrected chi connectivity index (χ0v) is 15.5. The van der Waals surface area contributed by atoms with Gasteiger partial charge in [-0.1, -0.05) is 44.1 Å². The minimum Gasteiger partial charge on any atom is -0.337 e. The fourth-order valence-electron chi connectivity index (χ4n) is 3.02. The van der Waals surface area contributed by atoms with Crippen LogP contribution in [0.5, 0.6) is 0 Å². The van der Waals surface area contributed by atoms with Gasteiger partial charge in [0.1, 0.15) is 11.9 Å². The van der Waals surface area contributed by atoms with Crippen LogP contribution < -0.4 is 5.32 Å². The topological polar surface area (TPSA) is 71.3 Å². The van der Waals surface area contributed by atoms with Crippen LogP contribution in [0.15, 0.2) is 28.8 Å². The summed E-state index contributed by atoms with van der Waals surface area (Å²) >= 11 is 0. The lowest BCUT2D eigenvalue weighted by Crippen LogP contribution is -2.28. The first kappa shape index (κ1) is 18.5. The average Bonchev–Trinajstić information content (AvgIpc) is 3.16. The highest BCUT2D eigenvalue weighted by Crippen LogP contribution is 2.33. The maximum atomic E-state index is 13.9. The van der Waals surface area contributed by atoms with Gasteiger partial charge in [-0.3, -0.25) is 4.79 Å². The SMILES string of the molecule is CC(C)(C)CNCc1noc([C@@H]2CCC(=O)N2Cc2ccccc2F)n1. The first-order chi connectivity index (χ1) is 12.3. The van der Waals surface area contributed by atoms with Crippen LogP contribution in [0.3, 0.4) is 0 Å². The van der Waals surface area contributed by atoms with Gasteiger partial charge in [0.25, 0.3) is 0 Å². The summed E-state index contributed by atoms with van der Waals surface area (Å²) < 4.78 is 19.3. The Morgan fingerprint density at radius 3 is 2.85 bits per heavy atom. The summed E-state index contributed by atoms with van der Waals surface area (Å²) in [5.41, 5.74) is 0.653. The lowest BCUT2D eigenvalue weighted by molar-refractivity contribution is -0.130. The molecule has 0 aliphatic carbocycles. The summed E-state index contributed by atoms with van der Waals surface area (Å²) in [4.78, 5) is 18.3. The number of nitrogens with zero attached hydrogens (tertiary/aromatic N) is 3. The molecule has 140 valence electrons. The molecule has 0 radical (unpaired) electrons. The van der Waals surface area contributed by atoms with E-state index in [0.717, 1.165) is 6.54 Å². The van der Waals surface area contributed by atoms with Crippen LogP contribution in [0.1, 0.15) is 56.9 Å². The number of carbonyl (C=O) groups excluding carboxylic acids is 1. The van der Waals surface area contributed by atoms with Gasteiger partial charge in [0, 0.05) is 25.1 Å². The van der Waals surface area contributed by atoms with Gasteiger partial charge in [-0.25, -0.2) is 4.39 Å². The lowest BCUT2D eigenvalue weighted by Gasteiger charge is -2.22. The molecular formula is C19H25FN4O2. The van der Waals surface area contributed by atoms with Crippen LogP contribution in [0.25, 0.3) is 0 Å². The number of aromatic nitrogens is 2. The number of likely N-dealkylation sites (tertiary alicyclic amines) is 1. The van der Waals surface area contributed by atoms with E-state index in [1.165, 1.54) is 6.07 Å². The van der Waals surface area contributed by atoms with Crippen molar-refractivity contribution in [3.63, 3.8) is 0 Å². The second-order valence-electron chi connectivity index (χ2n) is 7.88. The average molecular weight is 360 g/mol. The van der Waals surface area contributed by atoms with Gasteiger partial charge in [0.2, 0.25) is 11.8 Å². The third kappa shape index (κ3) is 4.46. The second kappa shape index (κ2) is 7.53. The molecule has 2 aromatic rings. The molecule has 1 aromatic carbocycles. The van der Waals surface area contributed by atoms with Crippen molar-refractivity contribution >= 4 is 5.91 Å². The van der Waals surface area contributed by atoms with E-state index in [-0.39, 0.29) is 29.7 Å². The van der Waals surface area contributed by atoms with E-state index in [1.807, 2.05) is 0 Å². The molecular weight excluding hydrogens is 335 g/mol. The van der Waals surface area contributed by atoms with E-state index in [9.17, 15) is 9.18 Å². The van der Waals surface area contributed by atoms with Gasteiger partial charge in [-0.15, -0.1) is 0 Å². The van der Waals surface area contributed by atoms with Gasteiger partial charge in [-0.05, 0) is 17.9 Å². The molecule has 1 fully saturated rings. The molecule has 2 heterocycles. The van der Waals surface area contributed by atoms with E-state index < -0.39 is 0 Å². The molecule has 1 aromatic heterocycles. The molecule has 1 aliphatic heterocycles. The molecule has 0 spiro atoms. The Balaban J connectivity index is 1.68. The lowest BCUT2D eigenvalue weighted by atomic mass is 9.97. The molecule has 1 atom stereocenters. The minimum absolute atomic E-state index is 0.0242. The number of nitrogens with one attached hydrogen (secondary N) is 1. The van der Waals surface area contributed by atoms with Crippen LogP contribution in [0.2, 0.25) is 0 Å². The number of hydrogen-bond acceptors (Lipinski definition) is 5. The Bertz CT molecular complexity index is 769. The number of amides is 1. The highest BCUT2D eigenvalue weighted by molar-refractivity contribution is 5.78. The highest BCUT2D eigenvalue weighted by atomic mass is 19.1. The first-order valence-corrected chi connectivity index (χ1v) is 8.89. The van der Waals surface area contributed by atoms with Gasteiger partial charge in [0.15, 0.2) is 5.82 Å². The molecule has 0 saturated carbocycles. The largest absolute Gasteiger partial charge is 0.337 e. The monoisotopic (exact) mass is 360 g/mol. The first-order valence-electron chi connectivity index (χ1n) is 8.89. The highest BCUT2D eigenvalue weighted by Gasteiger charge is 2.36. The predicted molar refractivity (Wildman–Crippen MR) is 94.4 cm³/mol. The van der Waals surface area contributed by atoms with Gasteiger partial charge >= 0.3 is 0 Å². The van der Waals surface area contributed by atoms with E-state index >= 15 is 0 Å². The van der Waals surface area contributed by atoms with Crippen LogP contribution in [-0.2, 0) is 17.9 Å². The van der Waals surface area contributed by atoms with Crippen molar-refractivity contribution in [3.8, 4) is 0 Å². The maximum Gasteiger partial charge on any atom is 0.249 e. The van der Waals surface area contributed by atoms with Crippen molar-refractivity contribution in [2.24, 2.45) is 5.41 Å². The number of rotatable bonds is 6. The van der Waals surface area contributed by atoms with Crippen molar-refractivity contribution in [3.05, 3.63) is 47.4 Å². The fourth-order valence-corrected chi connectivity index (χ4v) is 3.02. The van der Waals surface area contributed by atoms with E-state index in [1.54, 1.807) is 23.1 Å². The molecule has 1 aliphatic rings. The Morgan fingerprint density at radius 1 is 1.35 bits per heavy atom. The molecule has 1 amide bonds. The normalized spacial score (nSPS) is 17.9. The molecule has 1 N–H and O–H groups in total. The maximum absolute atomic E-state index is 13.9. The van der Waals surface area contributed by atoms with Gasteiger partial charge in [0.05, 0.1) is 6.54 Å². The smallest absolute Gasteiger partial charge is 0.249 e. The molecule has 0 bridgehead atoms. The fraction of sp³-hybridized carbons (Fsp3) is 0.526. The third-order valence-electron chi connectivity index (χ3n) is 4.33. The van der Waals surface area contributed by atoms with E-state index in [2.05, 4.69) is 36.2 Å². The molecule has 0 unspecified atom stereocenters. The number of hydrogen-bond donors (Lipinski definition) is 1. The van der Waals surface area contributed by atoms with Crippen molar-refractivity contribution in [2.75, 3.05) is 6.54 Å². The standard InChI is InChI=1S/C19H25FN4O2/c1-19(2,3)12-21-10-16-22-18(26-23-16)15-8-9-17(25)24(15)11-13-6-4-5-7-14(13)20/h4-7,15,21H,8-12H2,1-3H3/t15-/m0/s1. The van der Waals surface area contributed by atoms with Crippen molar-refractivity contribution in [1.82, 2.24) is 20.4 Å². The van der Waals surface area contributed by atoms with E-state index in [4.69, 9.17) is 4.52 Å². The van der Waals surface area contributed by atoms with Crippen LogP contribution in [-0.4, -0.2) is 27.5 Å². The summed E-state index contributed by atoms with van der Waals surface area (Å²) in [5.74, 6) is 0.640. The van der Waals surface area contributed by atoms with Crippen LogP contribution in [0.4, 0.5) is 4.39 Å². The molecule has 6 nitrogen and oxygen atoms in total. The van der Waals surface area contributed by atoms with Crippen LogP contribution >= 0.6 is 0 Å². The quantitative estimate of drug-likeness (QED) is 0.856. The van der Waals surface area contributed by atoms with Crippen LogP contribution in [0, 0.1) is 11.2 Å². The third-order valence-corrected chi connectivity index (χ3v) is 4.33. The molecule has 7 heteroatoms. The Hall–Kier alpha value is -2.28. The van der Waals surface area contributed by atoms with Crippen molar-refractivity contribution in [2.45, 2.75) is 52.7 Å². The van der Waals surface area contributed by atoms with Gasteiger partial charge in [-0.2, -0.15) is 4.98 Å². The minimum atomic E-state index is -0.316. The number of carbonyl (C=O) groups is 1. The zero-order chi connectivity index (χ0) is 18.7. The Kier molecular flexibility index (Phi) is 5.36. The van der Waals surface area contributed by atoms with Gasteiger partial charge < -0.3 is 14.7 Å². The second-order valence-corrected chi connectivity index (χ2v) is 7.88. The summed E-state index contributed by atoms with van der Waals surface area (Å²) in [6.45, 7) is 7.98. The zero-order valence-electron chi connectivity index (χ0n) is 15.5. The van der Waals surface area contributed by atoms with E-state index in [0.29, 0.717) is 36.7 Å². The van der Waals surface area contributed by atoms with Crippen molar-refractivity contribution < 1.29 is 13.7 Å². The Labute approximate surface area is 152 Å². The number of halogens is 1. The summed E-state index contributed by atoms with van der Waals surface area (Å²) in [6, 6.07) is 6.19. The molecule has 1 saturated heterocycles. The Morgan fingerprint density at radius 2 is 2.12 bits per heavy atom. The van der Waals surface area contributed by atoms with Crippen molar-refractivity contribution in [1.29, 1.82) is 0 Å². The summed E-state index contributed by atoms with van der Waals surface area (Å²) in [6.07, 6.45) is 1.00. The predicted octanol–water partition coefficient (Wildman–Crippen LogP) is 3.21. The number of benzene rings is 1. The molecule has 26 heavy (non-hydrogen) atoms. The molecule has 3 rings (SSSR count). The summed E-state index contributed by atoms with van der Waals surface area (Å²) in [7, 11) is 0.